The van der Waals surface area contributed by atoms with E-state index in [1.807, 2.05) is 12.1 Å². The Morgan fingerprint density at radius 1 is 0.433 bits per heavy atom. The Kier molecular flexibility index (Phi) is 7.99. The van der Waals surface area contributed by atoms with E-state index in [1.165, 1.54) is 103 Å². The van der Waals surface area contributed by atoms with Gasteiger partial charge < -0.3 is 9.80 Å². The zero-order valence-corrected chi connectivity index (χ0v) is 35.1. The molecule has 0 saturated heterocycles. The highest BCUT2D eigenvalue weighted by atomic mass is 15.3. The molecule has 0 radical (unpaired) electrons. The summed E-state index contributed by atoms with van der Waals surface area (Å²) in [5.41, 5.74) is 13.4. The first-order valence-electron chi connectivity index (χ1n) is 22.0. The summed E-state index contributed by atoms with van der Waals surface area (Å²) in [4.78, 5) is 5.27. The smallest absolute Gasteiger partial charge is 0.0991 e. The Morgan fingerprint density at radius 2 is 0.833 bits per heavy atom. The van der Waals surface area contributed by atoms with E-state index >= 15 is 0 Å². The van der Waals surface area contributed by atoms with Gasteiger partial charge in [-0.15, -0.1) is 0 Å². The quantitative estimate of drug-likeness (QED) is 0.167. The minimum absolute atomic E-state index is 0.0743. The van der Waals surface area contributed by atoms with Crippen molar-refractivity contribution in [3.05, 3.63) is 156 Å². The second-order valence-corrected chi connectivity index (χ2v) is 18.9. The molecule has 2 heterocycles. The Hall–Kier alpha value is -6.36. The van der Waals surface area contributed by atoms with Crippen LogP contribution in [0.4, 0.5) is 22.7 Å². The van der Waals surface area contributed by atoms with E-state index in [-0.39, 0.29) is 21.9 Å². The number of rotatable bonds is 4. The molecule has 0 amide bonds. The summed E-state index contributed by atoms with van der Waals surface area (Å²) in [5, 5.41) is 24.9. The van der Waals surface area contributed by atoms with Crippen molar-refractivity contribution < 1.29 is 0 Å². The Morgan fingerprint density at radius 3 is 1.23 bits per heavy atom. The van der Waals surface area contributed by atoms with Crippen LogP contribution < -0.4 is 9.80 Å². The van der Waals surface area contributed by atoms with Gasteiger partial charge in [-0.05, 0) is 155 Å². The van der Waals surface area contributed by atoms with Gasteiger partial charge in [-0.2, -0.15) is 10.5 Å². The van der Waals surface area contributed by atoms with Gasteiger partial charge in [0.05, 0.1) is 34.3 Å². The fourth-order valence-electron chi connectivity index (χ4n) is 12.7. The second-order valence-electron chi connectivity index (χ2n) is 18.9. The molecule has 11 rings (SSSR count). The summed E-state index contributed by atoms with van der Waals surface area (Å²) >= 11 is 0. The summed E-state index contributed by atoms with van der Waals surface area (Å²) in [5.74, 6) is 0. The third kappa shape index (κ3) is 4.83. The van der Waals surface area contributed by atoms with E-state index in [1.54, 1.807) is 0 Å². The van der Waals surface area contributed by atoms with E-state index in [9.17, 15) is 10.5 Å². The summed E-state index contributed by atoms with van der Waals surface area (Å²) in [6.45, 7) is 9.82. The third-order valence-electron chi connectivity index (χ3n) is 16.2. The van der Waals surface area contributed by atoms with Crippen LogP contribution in [0.2, 0.25) is 0 Å². The van der Waals surface area contributed by atoms with Crippen LogP contribution in [-0.4, -0.2) is 11.1 Å². The molecule has 7 aromatic rings. The maximum Gasteiger partial charge on any atom is 0.0991 e. The van der Waals surface area contributed by atoms with Crippen molar-refractivity contribution in [3.8, 4) is 34.4 Å². The van der Waals surface area contributed by atoms with E-state index < -0.39 is 0 Å². The Balaban J connectivity index is 1.20. The molecule has 4 heteroatoms. The highest BCUT2D eigenvalue weighted by Crippen LogP contribution is 2.63. The van der Waals surface area contributed by atoms with Crippen LogP contribution in [0.1, 0.15) is 101 Å². The lowest BCUT2D eigenvalue weighted by Gasteiger charge is -2.50. The first-order valence-corrected chi connectivity index (χ1v) is 22.0. The van der Waals surface area contributed by atoms with E-state index in [4.69, 9.17) is 0 Å². The number of hydrogen-bond donors (Lipinski definition) is 0. The number of nitrogens with zero attached hydrogens (tertiary/aromatic N) is 4. The SMILES string of the molecule is CC12CCCCC1(C)N(c1ccc3c(-c4ccccc4)c4cc(N5c6ccc(C#N)cc6C6(C)CCCCC56C)ccc4c(-c4ccccc4)c3c1)c1ccc(C#N)cc12. The molecular formula is C56H50N4. The lowest BCUT2D eigenvalue weighted by molar-refractivity contribution is 0.195. The van der Waals surface area contributed by atoms with Crippen LogP contribution in [0.25, 0.3) is 43.8 Å². The molecule has 4 unspecified atom stereocenters. The molecule has 2 aliphatic carbocycles. The molecule has 4 aliphatic rings. The molecule has 0 bridgehead atoms. The first-order chi connectivity index (χ1) is 29.1. The molecular weight excluding hydrogens is 729 g/mol. The van der Waals surface area contributed by atoms with E-state index in [0.29, 0.717) is 0 Å². The third-order valence-corrected chi connectivity index (χ3v) is 16.2. The number of benzene rings is 7. The van der Waals surface area contributed by atoms with Crippen LogP contribution in [0, 0.1) is 22.7 Å². The summed E-state index contributed by atoms with van der Waals surface area (Å²) < 4.78 is 0. The minimum Gasteiger partial charge on any atom is -0.334 e. The Bertz CT molecular complexity index is 2790. The second kappa shape index (κ2) is 13.1. The molecule has 0 spiro atoms. The zero-order valence-electron chi connectivity index (χ0n) is 35.1. The highest BCUT2D eigenvalue weighted by Gasteiger charge is 2.59. The van der Waals surface area contributed by atoms with Crippen molar-refractivity contribution in [1.82, 2.24) is 0 Å². The van der Waals surface area contributed by atoms with Gasteiger partial charge in [-0.25, -0.2) is 0 Å². The number of fused-ring (bicyclic) bond motifs is 8. The van der Waals surface area contributed by atoms with Crippen molar-refractivity contribution >= 4 is 44.3 Å². The molecule has 4 atom stereocenters. The molecule has 0 aromatic heterocycles. The largest absolute Gasteiger partial charge is 0.334 e. The van der Waals surface area contributed by atoms with Gasteiger partial charge >= 0.3 is 0 Å². The molecule has 2 aliphatic heterocycles. The fourth-order valence-corrected chi connectivity index (χ4v) is 12.7. The molecule has 294 valence electrons. The van der Waals surface area contributed by atoms with Crippen molar-refractivity contribution in [3.63, 3.8) is 0 Å². The summed E-state index contributed by atoms with van der Waals surface area (Å²) in [6, 6.07) is 54.1. The predicted octanol–water partition coefficient (Wildman–Crippen LogP) is 14.6. The Labute approximate surface area is 354 Å². The van der Waals surface area contributed by atoms with Gasteiger partial charge in [-0.3, -0.25) is 0 Å². The zero-order chi connectivity index (χ0) is 41.0. The van der Waals surface area contributed by atoms with Gasteiger partial charge in [0.25, 0.3) is 0 Å². The van der Waals surface area contributed by atoms with E-state index in [0.717, 1.165) is 36.8 Å². The first kappa shape index (κ1) is 36.7. The topological polar surface area (TPSA) is 54.1 Å². The lowest BCUT2D eigenvalue weighted by atomic mass is 9.61. The summed E-state index contributed by atoms with van der Waals surface area (Å²) in [7, 11) is 0. The van der Waals surface area contributed by atoms with Gasteiger partial charge in [0.2, 0.25) is 0 Å². The van der Waals surface area contributed by atoms with Crippen LogP contribution in [-0.2, 0) is 10.8 Å². The van der Waals surface area contributed by atoms with Crippen LogP contribution in [0.15, 0.2) is 133 Å². The van der Waals surface area contributed by atoms with Crippen molar-refractivity contribution in [2.24, 2.45) is 0 Å². The van der Waals surface area contributed by atoms with Crippen molar-refractivity contribution in [2.45, 2.75) is 101 Å². The lowest BCUT2D eigenvalue weighted by Crippen LogP contribution is -2.54. The van der Waals surface area contributed by atoms with Gasteiger partial charge in [-0.1, -0.05) is 112 Å². The fraction of sp³-hybridized carbons (Fsp3) is 0.286. The number of hydrogen-bond acceptors (Lipinski definition) is 4. The molecule has 2 saturated carbocycles. The van der Waals surface area contributed by atoms with Crippen molar-refractivity contribution in [1.29, 1.82) is 10.5 Å². The molecule has 2 fully saturated rings. The molecule has 7 aromatic carbocycles. The number of nitriles is 2. The van der Waals surface area contributed by atoms with Crippen LogP contribution in [0.5, 0.6) is 0 Å². The highest BCUT2D eigenvalue weighted by molar-refractivity contribution is 6.22. The maximum atomic E-state index is 10.00. The number of anilines is 4. The van der Waals surface area contributed by atoms with Crippen LogP contribution in [0.3, 0.4) is 0 Å². The maximum absolute atomic E-state index is 10.00. The summed E-state index contributed by atoms with van der Waals surface area (Å²) in [6.07, 6.45) is 9.17. The normalized spacial score (nSPS) is 25.3. The van der Waals surface area contributed by atoms with Gasteiger partial charge in [0.1, 0.15) is 0 Å². The minimum atomic E-state index is -0.139. The van der Waals surface area contributed by atoms with Gasteiger partial charge in [0.15, 0.2) is 0 Å². The van der Waals surface area contributed by atoms with E-state index in [2.05, 4.69) is 171 Å². The van der Waals surface area contributed by atoms with Crippen molar-refractivity contribution in [2.75, 3.05) is 9.80 Å². The molecule has 4 nitrogen and oxygen atoms in total. The monoisotopic (exact) mass is 778 g/mol. The predicted molar refractivity (Wildman–Crippen MR) is 247 cm³/mol. The molecule has 60 heavy (non-hydrogen) atoms. The average molecular weight is 779 g/mol. The molecule has 0 N–H and O–H groups in total. The van der Waals surface area contributed by atoms with Gasteiger partial charge in [0, 0.05) is 33.6 Å². The average Bonchev–Trinajstić information content (AvgIpc) is 3.62. The standard InChI is InChI=1S/C56H50N4/c1-53-27-11-13-29-55(53,3)59(49-25-19-37(35-57)31-47(49)53)41-21-23-43-45(33-41)51(39-15-7-5-8-16-39)44-24-22-42(34-46(44)52(43)40-17-9-6-10-18-40)60-50-26-20-38(36-58)32-48(50)54(2)28-12-14-30-56(54,60)4/h5-10,15-26,31-34H,11-14,27-30H2,1-4H3. The van der Waals surface area contributed by atoms with Crippen LogP contribution >= 0.6 is 0 Å².